The minimum absolute atomic E-state index is 0.613. The first-order chi connectivity index (χ1) is 7.66. The molecule has 0 saturated carbocycles. The molecule has 1 aromatic heterocycles. The molecule has 0 aliphatic carbocycles. The molecular weight excluding hydrogens is 200 g/mol. The molecule has 0 radical (unpaired) electrons. The lowest BCUT2D eigenvalue weighted by atomic mass is 10.2. The van der Waals surface area contributed by atoms with Gasteiger partial charge in [-0.15, -0.1) is 0 Å². The van der Waals surface area contributed by atoms with Crippen LogP contribution in [0.1, 0.15) is 18.4 Å². The molecule has 2 rings (SSSR count). The Kier molecular flexibility index (Phi) is 3.29. The summed E-state index contributed by atoms with van der Waals surface area (Å²) < 4.78 is 0. The number of nitrogens with one attached hydrogen (secondary N) is 1. The molecule has 0 amide bonds. The van der Waals surface area contributed by atoms with Gasteiger partial charge in [0.05, 0.1) is 5.69 Å². The van der Waals surface area contributed by atoms with Crippen LogP contribution in [0.25, 0.3) is 0 Å². The number of aryl methyl sites for hydroxylation is 1. The highest BCUT2D eigenvalue weighted by Gasteiger charge is 2.20. The fourth-order valence-electron chi connectivity index (χ4n) is 2.19. The van der Waals surface area contributed by atoms with Crippen LogP contribution in [-0.4, -0.2) is 36.1 Å². The number of hydrogen-bond donors (Lipinski definition) is 2. The highest BCUT2D eigenvalue weighted by Crippen LogP contribution is 2.18. The van der Waals surface area contributed by atoms with Gasteiger partial charge in [0.15, 0.2) is 0 Å². The predicted molar refractivity (Wildman–Crippen MR) is 67.5 cm³/mol. The molecule has 16 heavy (non-hydrogen) atoms. The molecule has 1 aliphatic rings. The summed E-state index contributed by atoms with van der Waals surface area (Å²) in [6.07, 6.45) is 4.39. The normalized spacial score (nSPS) is 21.2. The van der Waals surface area contributed by atoms with Crippen molar-refractivity contribution in [3.8, 4) is 0 Å². The second kappa shape index (κ2) is 4.70. The fraction of sp³-hybridized carbons (Fsp3) is 0.583. The first-order valence-corrected chi connectivity index (χ1v) is 5.83. The largest absolute Gasteiger partial charge is 0.396 e. The van der Waals surface area contributed by atoms with Gasteiger partial charge in [-0.1, -0.05) is 0 Å². The Bertz CT molecular complexity index is 364. The fourth-order valence-corrected chi connectivity index (χ4v) is 2.19. The third kappa shape index (κ3) is 2.44. The van der Waals surface area contributed by atoms with Crippen LogP contribution in [-0.2, 0) is 0 Å². The van der Waals surface area contributed by atoms with E-state index in [1.54, 1.807) is 0 Å². The maximum Gasteiger partial charge on any atom is 0.149 e. The van der Waals surface area contributed by atoms with E-state index in [4.69, 9.17) is 5.73 Å². The second-order valence-corrected chi connectivity index (χ2v) is 4.61. The molecule has 2 heterocycles. The Morgan fingerprint density at radius 1 is 1.62 bits per heavy atom. The topological polar surface area (TPSA) is 54.2 Å². The summed E-state index contributed by atoms with van der Waals surface area (Å²) in [7, 11) is 2.17. The molecule has 4 nitrogen and oxygen atoms in total. The number of pyridine rings is 1. The van der Waals surface area contributed by atoms with Crippen LogP contribution in [0.15, 0.2) is 12.3 Å². The highest BCUT2D eigenvalue weighted by molar-refractivity contribution is 5.61. The van der Waals surface area contributed by atoms with Crippen LogP contribution in [0.5, 0.6) is 0 Å². The maximum atomic E-state index is 5.90. The minimum Gasteiger partial charge on any atom is -0.396 e. The average molecular weight is 220 g/mol. The Morgan fingerprint density at radius 2 is 2.44 bits per heavy atom. The molecule has 1 aliphatic heterocycles. The standard InChI is InChI=1S/C12H20N4/c1-9-6-11(13)12(14-7-9)15-8-10-4-3-5-16(10)2/h6-7,10H,3-5,8,13H2,1-2H3,(H,14,15). The van der Waals surface area contributed by atoms with Gasteiger partial charge in [-0.25, -0.2) is 4.98 Å². The van der Waals surface area contributed by atoms with Gasteiger partial charge in [0.2, 0.25) is 0 Å². The Hall–Kier alpha value is -1.29. The zero-order valence-corrected chi connectivity index (χ0v) is 10.0. The number of nitrogen functional groups attached to an aromatic ring is 1. The third-order valence-electron chi connectivity index (χ3n) is 3.23. The maximum absolute atomic E-state index is 5.90. The third-order valence-corrected chi connectivity index (χ3v) is 3.23. The predicted octanol–water partition coefficient (Wildman–Crippen LogP) is 1.48. The SMILES string of the molecule is Cc1cnc(NCC2CCCN2C)c(N)c1. The molecule has 3 N–H and O–H groups in total. The Morgan fingerprint density at radius 3 is 3.06 bits per heavy atom. The zero-order valence-electron chi connectivity index (χ0n) is 10.0. The first-order valence-electron chi connectivity index (χ1n) is 5.83. The number of aromatic nitrogens is 1. The van der Waals surface area contributed by atoms with Gasteiger partial charge in [-0.05, 0) is 45.0 Å². The van der Waals surface area contributed by atoms with Crippen molar-refractivity contribution in [1.82, 2.24) is 9.88 Å². The number of anilines is 2. The van der Waals surface area contributed by atoms with Gasteiger partial charge in [-0.2, -0.15) is 0 Å². The van der Waals surface area contributed by atoms with Crippen LogP contribution >= 0.6 is 0 Å². The molecule has 88 valence electrons. The number of hydrogen-bond acceptors (Lipinski definition) is 4. The Balaban J connectivity index is 1.94. The lowest BCUT2D eigenvalue weighted by molar-refractivity contribution is 0.322. The van der Waals surface area contributed by atoms with Crippen molar-refractivity contribution in [3.05, 3.63) is 17.8 Å². The molecule has 1 unspecified atom stereocenters. The van der Waals surface area contributed by atoms with E-state index in [2.05, 4.69) is 22.2 Å². The summed E-state index contributed by atoms with van der Waals surface area (Å²) in [6, 6.07) is 2.57. The molecule has 4 heteroatoms. The quantitative estimate of drug-likeness (QED) is 0.810. The molecule has 0 spiro atoms. The number of likely N-dealkylation sites (N-methyl/N-ethyl adjacent to an activating group) is 1. The summed E-state index contributed by atoms with van der Waals surface area (Å²) in [4.78, 5) is 6.70. The van der Waals surface area contributed by atoms with Crippen molar-refractivity contribution in [2.45, 2.75) is 25.8 Å². The number of nitrogens with two attached hydrogens (primary N) is 1. The molecular formula is C12H20N4. The molecule has 1 aromatic rings. The van der Waals surface area contributed by atoms with Crippen molar-refractivity contribution < 1.29 is 0 Å². The monoisotopic (exact) mass is 220 g/mol. The van der Waals surface area contributed by atoms with Crippen LogP contribution in [0.4, 0.5) is 11.5 Å². The van der Waals surface area contributed by atoms with E-state index in [0.29, 0.717) is 6.04 Å². The van der Waals surface area contributed by atoms with Gasteiger partial charge >= 0.3 is 0 Å². The summed E-state index contributed by atoms with van der Waals surface area (Å²) in [5.74, 6) is 0.811. The van der Waals surface area contributed by atoms with Crippen LogP contribution in [0, 0.1) is 6.92 Å². The van der Waals surface area contributed by atoms with E-state index in [9.17, 15) is 0 Å². The lowest BCUT2D eigenvalue weighted by Gasteiger charge is -2.20. The van der Waals surface area contributed by atoms with E-state index in [-0.39, 0.29) is 0 Å². The van der Waals surface area contributed by atoms with Gasteiger partial charge in [-0.3, -0.25) is 0 Å². The zero-order chi connectivity index (χ0) is 11.5. The van der Waals surface area contributed by atoms with Crippen molar-refractivity contribution in [2.75, 3.05) is 31.2 Å². The van der Waals surface area contributed by atoms with Crippen molar-refractivity contribution in [1.29, 1.82) is 0 Å². The molecule has 1 fully saturated rings. The number of likely N-dealkylation sites (tertiary alicyclic amines) is 1. The van der Waals surface area contributed by atoms with Crippen LogP contribution < -0.4 is 11.1 Å². The summed E-state index contributed by atoms with van der Waals surface area (Å²) in [6.45, 7) is 4.12. The lowest BCUT2D eigenvalue weighted by Crippen LogP contribution is -2.31. The van der Waals surface area contributed by atoms with E-state index in [1.165, 1.54) is 19.4 Å². The van der Waals surface area contributed by atoms with Gasteiger partial charge in [0, 0.05) is 18.8 Å². The summed E-state index contributed by atoms with van der Waals surface area (Å²) in [5.41, 5.74) is 7.74. The van der Waals surface area contributed by atoms with Crippen molar-refractivity contribution >= 4 is 11.5 Å². The van der Waals surface area contributed by atoms with E-state index < -0.39 is 0 Å². The smallest absolute Gasteiger partial charge is 0.149 e. The minimum atomic E-state index is 0.613. The molecule has 1 saturated heterocycles. The van der Waals surface area contributed by atoms with Gasteiger partial charge < -0.3 is 16.0 Å². The van der Waals surface area contributed by atoms with Crippen molar-refractivity contribution in [3.63, 3.8) is 0 Å². The van der Waals surface area contributed by atoms with E-state index in [1.807, 2.05) is 19.2 Å². The van der Waals surface area contributed by atoms with Gasteiger partial charge in [0.1, 0.15) is 5.82 Å². The van der Waals surface area contributed by atoms with E-state index >= 15 is 0 Å². The van der Waals surface area contributed by atoms with E-state index in [0.717, 1.165) is 23.6 Å². The van der Waals surface area contributed by atoms with Gasteiger partial charge in [0.25, 0.3) is 0 Å². The van der Waals surface area contributed by atoms with Crippen molar-refractivity contribution in [2.24, 2.45) is 0 Å². The molecule has 0 bridgehead atoms. The molecule has 1 atom stereocenters. The average Bonchev–Trinajstić information content (AvgIpc) is 2.63. The first kappa shape index (κ1) is 11.2. The Labute approximate surface area is 96.8 Å². The summed E-state index contributed by atoms with van der Waals surface area (Å²) >= 11 is 0. The van der Waals surface area contributed by atoms with Crippen LogP contribution in [0.3, 0.4) is 0 Å². The molecule has 0 aromatic carbocycles. The highest BCUT2D eigenvalue weighted by atomic mass is 15.2. The summed E-state index contributed by atoms with van der Waals surface area (Å²) in [5, 5.41) is 3.33. The number of rotatable bonds is 3. The van der Waals surface area contributed by atoms with Crippen LogP contribution in [0.2, 0.25) is 0 Å². The second-order valence-electron chi connectivity index (χ2n) is 4.61. The number of nitrogens with zero attached hydrogens (tertiary/aromatic N) is 2.